The van der Waals surface area contributed by atoms with Gasteiger partial charge in [0.1, 0.15) is 0 Å². The van der Waals surface area contributed by atoms with Crippen molar-refractivity contribution in [3.05, 3.63) is 83.1 Å². The van der Waals surface area contributed by atoms with Crippen LogP contribution in [0.5, 0.6) is 0 Å². The molecule has 4 rings (SSSR count). The lowest BCUT2D eigenvalue weighted by Crippen LogP contribution is -2.36. The Morgan fingerprint density at radius 1 is 1.10 bits per heavy atom. The molecule has 1 aliphatic rings. The zero-order valence-electron chi connectivity index (χ0n) is 17.5. The van der Waals surface area contributed by atoms with E-state index in [4.69, 9.17) is 16.7 Å². The molecular formula is C24H27ClN4O. The van der Waals surface area contributed by atoms with Gasteiger partial charge < -0.3 is 5.32 Å². The van der Waals surface area contributed by atoms with Crippen molar-refractivity contribution in [1.29, 1.82) is 0 Å². The first-order valence-corrected chi connectivity index (χ1v) is 10.6. The third kappa shape index (κ3) is 4.42. The van der Waals surface area contributed by atoms with Gasteiger partial charge in [0.25, 0.3) is 0 Å². The monoisotopic (exact) mass is 422 g/mol. The van der Waals surface area contributed by atoms with Gasteiger partial charge in [-0.3, -0.25) is 14.8 Å². The minimum absolute atomic E-state index is 0.0166. The Hall–Kier alpha value is -2.63. The molecule has 0 saturated carbocycles. The Bertz CT molecular complexity index is 1010. The van der Waals surface area contributed by atoms with Crippen molar-refractivity contribution in [1.82, 2.24) is 15.1 Å². The molecule has 1 aliphatic heterocycles. The number of benzene rings is 2. The lowest BCUT2D eigenvalue weighted by molar-refractivity contribution is -0.117. The third-order valence-electron chi connectivity index (χ3n) is 5.54. The maximum absolute atomic E-state index is 13.0. The fraction of sp³-hybridized carbons (Fsp3) is 0.333. The number of rotatable bonds is 4. The van der Waals surface area contributed by atoms with E-state index in [0.29, 0.717) is 11.4 Å². The van der Waals surface area contributed by atoms with Crippen LogP contribution in [0.15, 0.2) is 66.9 Å². The second kappa shape index (κ2) is 8.25. The van der Waals surface area contributed by atoms with Crippen molar-refractivity contribution in [2.75, 3.05) is 5.32 Å². The summed E-state index contributed by atoms with van der Waals surface area (Å²) in [7, 11) is 0. The van der Waals surface area contributed by atoms with Crippen molar-refractivity contribution in [3.8, 4) is 0 Å². The number of nitrogens with zero attached hydrogens (tertiary/aromatic N) is 2. The average Bonchev–Trinajstić information content (AvgIpc) is 3.36. The van der Waals surface area contributed by atoms with Crippen LogP contribution in [0.4, 0.5) is 5.69 Å². The molecule has 0 spiro atoms. The predicted octanol–water partition coefficient (Wildman–Crippen LogP) is 5.12. The molecule has 3 aromatic rings. The molecule has 2 heterocycles. The summed E-state index contributed by atoms with van der Waals surface area (Å²) in [4.78, 5) is 13.0. The summed E-state index contributed by atoms with van der Waals surface area (Å²) in [5.74, 6) is 0.0548. The Morgan fingerprint density at radius 3 is 2.43 bits per heavy atom. The molecule has 2 N–H and O–H groups in total. The van der Waals surface area contributed by atoms with Crippen LogP contribution in [-0.2, 0) is 10.3 Å². The zero-order chi connectivity index (χ0) is 21.3. The van der Waals surface area contributed by atoms with E-state index in [0.717, 1.165) is 16.9 Å². The SMILES string of the molecule is CC(C)(C)n1ccc(C2C[C@@H](C(=O)Nc3ccccc3)N[C@H]2c2ccc(Cl)cc2)n1. The molecule has 1 amide bonds. The topological polar surface area (TPSA) is 59.0 Å². The van der Waals surface area contributed by atoms with Crippen molar-refractivity contribution in [2.24, 2.45) is 0 Å². The normalized spacial score (nSPS) is 21.5. The highest BCUT2D eigenvalue weighted by molar-refractivity contribution is 6.30. The number of carbonyl (C=O) groups excluding carboxylic acids is 1. The number of hydrogen-bond acceptors (Lipinski definition) is 3. The van der Waals surface area contributed by atoms with Crippen LogP contribution in [0.3, 0.4) is 0 Å². The van der Waals surface area contributed by atoms with Gasteiger partial charge in [0, 0.05) is 28.9 Å². The standard InChI is InChI=1S/C24H27ClN4O/c1-24(2,3)29-14-13-20(28-29)19-15-21(23(30)26-18-7-5-4-6-8-18)27-22(19)16-9-11-17(25)12-10-16/h4-14,19,21-22,27H,15H2,1-3H3,(H,26,30)/t19?,21-,22-/m0/s1. The second-order valence-corrected chi connectivity index (χ2v) is 9.24. The van der Waals surface area contributed by atoms with Crippen LogP contribution >= 0.6 is 11.6 Å². The fourth-order valence-electron chi connectivity index (χ4n) is 3.92. The number of nitrogens with one attached hydrogen (secondary N) is 2. The van der Waals surface area contributed by atoms with Gasteiger partial charge in [-0.15, -0.1) is 0 Å². The third-order valence-corrected chi connectivity index (χ3v) is 5.79. The van der Waals surface area contributed by atoms with E-state index >= 15 is 0 Å². The first kappa shape index (κ1) is 20.6. The van der Waals surface area contributed by atoms with Crippen molar-refractivity contribution in [3.63, 3.8) is 0 Å². The Balaban J connectivity index is 1.61. The van der Waals surface area contributed by atoms with Gasteiger partial charge in [0.05, 0.1) is 17.3 Å². The number of hydrogen-bond donors (Lipinski definition) is 2. The minimum Gasteiger partial charge on any atom is -0.325 e. The summed E-state index contributed by atoms with van der Waals surface area (Å²) >= 11 is 6.09. The Labute approximate surface area is 182 Å². The first-order valence-electron chi connectivity index (χ1n) is 10.2. The fourth-order valence-corrected chi connectivity index (χ4v) is 4.05. The van der Waals surface area contributed by atoms with E-state index in [1.54, 1.807) is 0 Å². The quantitative estimate of drug-likeness (QED) is 0.613. The van der Waals surface area contributed by atoms with E-state index in [2.05, 4.69) is 37.5 Å². The molecule has 1 saturated heterocycles. The molecule has 5 nitrogen and oxygen atoms in total. The Kier molecular flexibility index (Phi) is 5.67. The molecule has 2 aromatic carbocycles. The summed E-state index contributed by atoms with van der Waals surface area (Å²) in [5, 5.41) is 12.1. The molecule has 156 valence electrons. The van der Waals surface area contributed by atoms with E-state index < -0.39 is 0 Å². The molecule has 0 bridgehead atoms. The van der Waals surface area contributed by atoms with Crippen LogP contribution in [0.2, 0.25) is 5.02 Å². The summed E-state index contributed by atoms with van der Waals surface area (Å²) < 4.78 is 1.98. The lowest BCUT2D eigenvalue weighted by atomic mass is 9.90. The number of anilines is 1. The molecule has 3 atom stereocenters. The van der Waals surface area contributed by atoms with Crippen molar-refractivity contribution >= 4 is 23.2 Å². The van der Waals surface area contributed by atoms with Gasteiger partial charge >= 0.3 is 0 Å². The van der Waals surface area contributed by atoms with Gasteiger partial charge in [-0.1, -0.05) is 41.9 Å². The molecule has 0 aliphatic carbocycles. The summed E-state index contributed by atoms with van der Waals surface area (Å²) in [6.07, 6.45) is 2.69. The van der Waals surface area contributed by atoms with E-state index in [1.807, 2.05) is 65.5 Å². The van der Waals surface area contributed by atoms with E-state index in [1.165, 1.54) is 0 Å². The molecule has 1 fully saturated rings. The maximum Gasteiger partial charge on any atom is 0.241 e. The average molecular weight is 423 g/mol. The van der Waals surface area contributed by atoms with Gasteiger partial charge in [0.2, 0.25) is 5.91 Å². The number of carbonyl (C=O) groups is 1. The summed E-state index contributed by atoms with van der Waals surface area (Å²) in [5.41, 5.74) is 2.80. The minimum atomic E-state index is -0.310. The lowest BCUT2D eigenvalue weighted by Gasteiger charge is -2.21. The van der Waals surface area contributed by atoms with Gasteiger partial charge in [0.15, 0.2) is 0 Å². The summed E-state index contributed by atoms with van der Waals surface area (Å²) in [6, 6.07) is 19.1. The molecule has 0 radical (unpaired) electrons. The van der Waals surface area contributed by atoms with Crippen molar-refractivity contribution in [2.45, 2.75) is 50.7 Å². The van der Waals surface area contributed by atoms with Crippen LogP contribution < -0.4 is 10.6 Å². The van der Waals surface area contributed by atoms with Gasteiger partial charge in [-0.2, -0.15) is 5.10 Å². The highest BCUT2D eigenvalue weighted by Gasteiger charge is 2.40. The van der Waals surface area contributed by atoms with E-state index in [-0.39, 0.29) is 29.4 Å². The summed E-state index contributed by atoms with van der Waals surface area (Å²) in [6.45, 7) is 6.39. The van der Waals surface area contributed by atoms with E-state index in [9.17, 15) is 4.79 Å². The molecule has 30 heavy (non-hydrogen) atoms. The maximum atomic E-state index is 13.0. The van der Waals surface area contributed by atoms with Crippen LogP contribution in [0, 0.1) is 0 Å². The number of para-hydroxylation sites is 1. The molecule has 6 heteroatoms. The highest BCUT2D eigenvalue weighted by Crippen LogP contribution is 2.40. The number of halogens is 1. The predicted molar refractivity (Wildman–Crippen MR) is 121 cm³/mol. The van der Waals surface area contributed by atoms with Gasteiger partial charge in [-0.05, 0) is 63.1 Å². The second-order valence-electron chi connectivity index (χ2n) is 8.80. The first-order chi connectivity index (χ1) is 14.3. The molecular weight excluding hydrogens is 396 g/mol. The number of amides is 1. The van der Waals surface area contributed by atoms with Crippen LogP contribution in [0.25, 0.3) is 0 Å². The van der Waals surface area contributed by atoms with Crippen molar-refractivity contribution < 1.29 is 4.79 Å². The number of aromatic nitrogens is 2. The molecule has 1 aromatic heterocycles. The van der Waals surface area contributed by atoms with Crippen LogP contribution in [0.1, 0.15) is 50.4 Å². The highest BCUT2D eigenvalue weighted by atomic mass is 35.5. The Morgan fingerprint density at radius 2 is 1.80 bits per heavy atom. The van der Waals surface area contributed by atoms with Gasteiger partial charge in [-0.25, -0.2) is 0 Å². The zero-order valence-corrected chi connectivity index (χ0v) is 18.2. The largest absolute Gasteiger partial charge is 0.325 e. The molecule has 1 unspecified atom stereocenters. The van der Waals surface area contributed by atoms with Crippen LogP contribution in [-0.4, -0.2) is 21.7 Å². The smallest absolute Gasteiger partial charge is 0.241 e.